The third-order valence-electron chi connectivity index (χ3n) is 6.05. The van der Waals surface area contributed by atoms with E-state index >= 15 is 0 Å². The van der Waals surface area contributed by atoms with E-state index in [0.717, 1.165) is 50.6 Å². The van der Waals surface area contributed by atoms with E-state index in [1.165, 1.54) is 5.56 Å². The molecule has 0 aromatic heterocycles. The smallest absolute Gasteiger partial charge is 0.246 e. The number of carbonyl (C=O) groups is 2. The van der Waals surface area contributed by atoms with Crippen LogP contribution in [0.25, 0.3) is 0 Å². The maximum atomic E-state index is 13.1. The van der Waals surface area contributed by atoms with Gasteiger partial charge in [-0.15, -0.1) is 11.8 Å². The fraction of sp³-hybridized carbons (Fsp3) is 0.619. The van der Waals surface area contributed by atoms with E-state index in [0.29, 0.717) is 13.0 Å². The molecule has 4 rings (SSSR count). The van der Waals surface area contributed by atoms with Crippen molar-refractivity contribution in [2.45, 2.75) is 44.1 Å². The van der Waals surface area contributed by atoms with E-state index in [2.05, 4.69) is 24.0 Å². The molecule has 0 bridgehead atoms. The molecule has 0 aliphatic carbocycles. The van der Waals surface area contributed by atoms with Crippen LogP contribution in [-0.2, 0) is 16.1 Å². The van der Waals surface area contributed by atoms with Crippen LogP contribution in [0.5, 0.6) is 5.75 Å². The molecule has 0 saturated carbocycles. The van der Waals surface area contributed by atoms with Crippen molar-refractivity contribution in [3.63, 3.8) is 0 Å². The molecular formula is C21H29N3O3S. The van der Waals surface area contributed by atoms with E-state index in [1.54, 1.807) is 11.8 Å². The lowest BCUT2D eigenvalue weighted by atomic mass is 10.1. The van der Waals surface area contributed by atoms with Crippen LogP contribution in [0.2, 0.25) is 0 Å². The first kappa shape index (κ1) is 19.6. The zero-order valence-electron chi connectivity index (χ0n) is 16.7. The van der Waals surface area contributed by atoms with Crippen molar-refractivity contribution < 1.29 is 14.3 Å². The van der Waals surface area contributed by atoms with Gasteiger partial charge in [-0.1, -0.05) is 12.1 Å². The molecule has 0 N–H and O–H groups in total. The van der Waals surface area contributed by atoms with Gasteiger partial charge in [-0.05, 0) is 38.0 Å². The molecule has 2 atom stereocenters. The first-order valence-corrected chi connectivity index (χ1v) is 11.2. The number of hydrogen-bond donors (Lipinski definition) is 0. The second-order valence-corrected chi connectivity index (χ2v) is 9.45. The molecule has 152 valence electrons. The highest BCUT2D eigenvalue weighted by Crippen LogP contribution is 2.47. The summed E-state index contributed by atoms with van der Waals surface area (Å²) in [5.74, 6) is 1.90. The van der Waals surface area contributed by atoms with Crippen LogP contribution >= 0.6 is 11.8 Å². The van der Waals surface area contributed by atoms with Crippen molar-refractivity contribution >= 4 is 23.6 Å². The Hall–Kier alpha value is -1.73. The third kappa shape index (κ3) is 3.74. The van der Waals surface area contributed by atoms with Gasteiger partial charge < -0.3 is 14.5 Å². The molecule has 6 nitrogen and oxygen atoms in total. The Morgan fingerprint density at radius 2 is 1.93 bits per heavy atom. The second-order valence-electron chi connectivity index (χ2n) is 7.94. The molecule has 0 spiro atoms. The summed E-state index contributed by atoms with van der Waals surface area (Å²) in [6.07, 6.45) is 1.43. The molecule has 3 heterocycles. The van der Waals surface area contributed by atoms with Gasteiger partial charge in [0.25, 0.3) is 0 Å². The molecule has 2 amide bonds. The summed E-state index contributed by atoms with van der Waals surface area (Å²) in [5.41, 5.74) is 1.26. The number of carbonyl (C=O) groups excluding carboxylic acids is 2. The van der Waals surface area contributed by atoms with Crippen molar-refractivity contribution in [1.82, 2.24) is 14.7 Å². The van der Waals surface area contributed by atoms with Crippen molar-refractivity contribution in [2.24, 2.45) is 0 Å². The van der Waals surface area contributed by atoms with E-state index < -0.39 is 0 Å². The largest absolute Gasteiger partial charge is 0.494 e. The van der Waals surface area contributed by atoms with Gasteiger partial charge in [-0.3, -0.25) is 14.5 Å². The number of piperazine rings is 1. The highest BCUT2D eigenvalue weighted by Gasteiger charge is 2.53. The zero-order valence-corrected chi connectivity index (χ0v) is 17.5. The van der Waals surface area contributed by atoms with E-state index in [-0.39, 0.29) is 22.7 Å². The van der Waals surface area contributed by atoms with Crippen LogP contribution in [0.4, 0.5) is 0 Å². The van der Waals surface area contributed by atoms with E-state index in [9.17, 15) is 9.59 Å². The lowest BCUT2D eigenvalue weighted by Crippen LogP contribution is -2.56. The Bertz CT molecular complexity index is 733. The molecule has 0 unspecified atom stereocenters. The van der Waals surface area contributed by atoms with Crippen LogP contribution in [0.3, 0.4) is 0 Å². The van der Waals surface area contributed by atoms with Gasteiger partial charge in [-0.2, -0.15) is 0 Å². The molecule has 3 aliphatic rings. The highest BCUT2D eigenvalue weighted by molar-refractivity contribution is 8.01. The predicted octanol–water partition coefficient (Wildman–Crippen LogP) is 2.18. The lowest BCUT2D eigenvalue weighted by Gasteiger charge is -2.38. The van der Waals surface area contributed by atoms with Crippen LogP contribution in [0.15, 0.2) is 24.3 Å². The maximum Gasteiger partial charge on any atom is 0.246 e. The number of fused-ring (bicyclic) bond motifs is 1. The summed E-state index contributed by atoms with van der Waals surface area (Å²) < 4.78 is 5.50. The minimum Gasteiger partial charge on any atom is -0.494 e. The summed E-state index contributed by atoms with van der Waals surface area (Å²) >= 11 is 1.76. The van der Waals surface area contributed by atoms with Gasteiger partial charge in [0, 0.05) is 44.9 Å². The van der Waals surface area contributed by atoms with Crippen molar-refractivity contribution in [3.8, 4) is 5.75 Å². The average molecular weight is 404 g/mol. The van der Waals surface area contributed by atoms with Crippen molar-refractivity contribution in [1.29, 1.82) is 0 Å². The lowest BCUT2D eigenvalue weighted by molar-refractivity contribution is -0.144. The monoisotopic (exact) mass is 403 g/mol. The Morgan fingerprint density at radius 1 is 1.21 bits per heavy atom. The number of hydrogen-bond acceptors (Lipinski definition) is 5. The van der Waals surface area contributed by atoms with Crippen molar-refractivity contribution in [3.05, 3.63) is 29.8 Å². The fourth-order valence-corrected chi connectivity index (χ4v) is 5.88. The summed E-state index contributed by atoms with van der Waals surface area (Å²) in [4.78, 5) is 31.4. The molecule has 7 heteroatoms. The van der Waals surface area contributed by atoms with Gasteiger partial charge in [-0.25, -0.2) is 0 Å². The van der Waals surface area contributed by atoms with Gasteiger partial charge in [0.1, 0.15) is 11.8 Å². The molecular weight excluding hydrogens is 374 g/mol. The predicted molar refractivity (Wildman–Crippen MR) is 110 cm³/mol. The van der Waals surface area contributed by atoms with Crippen molar-refractivity contribution in [2.75, 3.05) is 38.5 Å². The molecule has 1 aromatic rings. The number of rotatable bonds is 5. The SMILES string of the molecule is CCOc1ccc(CN2CCN(C(=O)[C@@H]3CS[C@]4(C)CCC(=O)N34)CC2)cc1. The zero-order chi connectivity index (χ0) is 19.7. The normalized spacial score (nSPS) is 27.9. The number of nitrogens with zero attached hydrogens (tertiary/aromatic N) is 3. The Labute approximate surface area is 171 Å². The number of amides is 2. The topological polar surface area (TPSA) is 53.1 Å². The van der Waals surface area contributed by atoms with Gasteiger partial charge in [0.2, 0.25) is 11.8 Å². The minimum atomic E-state index is -0.275. The average Bonchev–Trinajstić information content (AvgIpc) is 3.19. The van der Waals surface area contributed by atoms with E-state index in [4.69, 9.17) is 4.74 Å². The third-order valence-corrected chi connectivity index (χ3v) is 7.56. The standard InChI is InChI=1S/C21H29N3O3S/c1-3-27-17-6-4-16(5-7-17)14-22-10-12-23(13-11-22)20(26)18-15-28-21(2)9-8-19(25)24(18)21/h4-7,18H,3,8-15H2,1-2H3/t18-,21+/m0/s1. The maximum absolute atomic E-state index is 13.1. The molecule has 1 aromatic carbocycles. The minimum absolute atomic E-state index is 0.132. The summed E-state index contributed by atoms with van der Waals surface area (Å²) in [7, 11) is 0. The van der Waals surface area contributed by atoms with Crippen LogP contribution < -0.4 is 4.74 Å². The second kappa shape index (κ2) is 7.95. The molecule has 3 aliphatic heterocycles. The molecule has 3 saturated heterocycles. The first-order valence-electron chi connectivity index (χ1n) is 10.2. The Balaban J connectivity index is 1.30. The number of benzene rings is 1. The quantitative estimate of drug-likeness (QED) is 0.754. The summed E-state index contributed by atoms with van der Waals surface area (Å²) in [6.45, 7) is 8.84. The molecule has 28 heavy (non-hydrogen) atoms. The Kier molecular flexibility index (Phi) is 5.56. The summed E-state index contributed by atoms with van der Waals surface area (Å²) in [6, 6.07) is 7.97. The van der Waals surface area contributed by atoms with Crippen LogP contribution in [0, 0.1) is 0 Å². The number of thioether (sulfide) groups is 1. The highest BCUT2D eigenvalue weighted by atomic mass is 32.2. The fourth-order valence-electron chi connectivity index (χ4n) is 4.46. The summed E-state index contributed by atoms with van der Waals surface area (Å²) in [5, 5.41) is 0. The Morgan fingerprint density at radius 3 is 2.61 bits per heavy atom. The van der Waals surface area contributed by atoms with Crippen LogP contribution in [0.1, 0.15) is 32.3 Å². The first-order chi connectivity index (χ1) is 13.5. The molecule has 3 fully saturated rings. The van der Waals surface area contributed by atoms with Gasteiger partial charge in [0.15, 0.2) is 0 Å². The van der Waals surface area contributed by atoms with Gasteiger partial charge >= 0.3 is 0 Å². The van der Waals surface area contributed by atoms with Crippen LogP contribution in [-0.4, -0.2) is 76.0 Å². The van der Waals surface area contributed by atoms with Gasteiger partial charge in [0.05, 0.1) is 11.5 Å². The van der Waals surface area contributed by atoms with E-state index in [1.807, 2.05) is 28.9 Å². The molecule has 0 radical (unpaired) electrons. The number of ether oxygens (including phenoxy) is 1.